The number of benzene rings is 1. The average Bonchev–Trinajstić information content (AvgIpc) is 3.31. The van der Waals surface area contributed by atoms with Gasteiger partial charge in [-0.25, -0.2) is 0 Å². The van der Waals surface area contributed by atoms with Gasteiger partial charge in [0.05, 0.1) is 6.61 Å². The molecule has 0 aromatic heterocycles. The molecule has 1 aliphatic rings. The summed E-state index contributed by atoms with van der Waals surface area (Å²) in [6.07, 6.45) is 2.20. The van der Waals surface area contributed by atoms with E-state index in [9.17, 15) is 4.79 Å². The molecule has 0 spiro atoms. The van der Waals surface area contributed by atoms with Gasteiger partial charge in [-0.3, -0.25) is 4.79 Å². The van der Waals surface area contributed by atoms with Gasteiger partial charge in [-0.05, 0) is 32.8 Å². The van der Waals surface area contributed by atoms with Crippen molar-refractivity contribution < 1.29 is 14.3 Å². The number of para-hydroxylation sites is 1. The van der Waals surface area contributed by atoms with Crippen LogP contribution in [0, 0.1) is 0 Å². The van der Waals surface area contributed by atoms with Crippen molar-refractivity contribution in [3.05, 3.63) is 23.8 Å². The molecule has 21 heavy (non-hydrogen) atoms. The fourth-order valence-electron chi connectivity index (χ4n) is 2.40. The Bertz CT molecular complexity index is 486. The van der Waals surface area contributed by atoms with Crippen molar-refractivity contribution in [1.82, 2.24) is 4.90 Å². The number of amides is 1. The quantitative estimate of drug-likeness (QED) is 0.795. The molecule has 1 fully saturated rings. The van der Waals surface area contributed by atoms with E-state index in [1.54, 1.807) is 0 Å². The van der Waals surface area contributed by atoms with Gasteiger partial charge in [0.2, 0.25) is 0 Å². The summed E-state index contributed by atoms with van der Waals surface area (Å²) in [6.45, 7) is 5.56. The maximum absolute atomic E-state index is 12.2. The van der Waals surface area contributed by atoms with Crippen LogP contribution in [0.2, 0.25) is 0 Å². The summed E-state index contributed by atoms with van der Waals surface area (Å²) in [5.41, 5.74) is 6.59. The number of hydrogen-bond donors (Lipinski definition) is 1. The predicted molar refractivity (Wildman–Crippen MR) is 81.4 cm³/mol. The van der Waals surface area contributed by atoms with Crippen LogP contribution in [0.4, 0.5) is 0 Å². The lowest BCUT2D eigenvalue weighted by Gasteiger charge is -2.21. The van der Waals surface area contributed by atoms with Crippen molar-refractivity contribution in [2.24, 2.45) is 5.73 Å². The standard InChI is InChI=1S/C16H24N2O3/c1-3-18(13-8-9-13)15(19)11-21-16-12(10-17)6-5-7-14(16)20-4-2/h5-7,13H,3-4,8-11,17H2,1-2H3. The van der Waals surface area contributed by atoms with Crippen molar-refractivity contribution in [2.45, 2.75) is 39.3 Å². The lowest BCUT2D eigenvalue weighted by atomic mass is 10.2. The Labute approximate surface area is 126 Å². The van der Waals surface area contributed by atoms with Gasteiger partial charge < -0.3 is 20.1 Å². The van der Waals surface area contributed by atoms with E-state index in [0.717, 1.165) is 24.9 Å². The molecule has 1 aliphatic carbocycles. The van der Waals surface area contributed by atoms with Gasteiger partial charge in [-0.1, -0.05) is 12.1 Å². The van der Waals surface area contributed by atoms with Crippen molar-refractivity contribution in [2.75, 3.05) is 19.8 Å². The Balaban J connectivity index is 2.05. The second-order valence-electron chi connectivity index (χ2n) is 5.08. The second-order valence-corrected chi connectivity index (χ2v) is 5.08. The maximum Gasteiger partial charge on any atom is 0.260 e. The van der Waals surface area contributed by atoms with Crippen LogP contribution in [-0.4, -0.2) is 36.6 Å². The molecule has 0 bridgehead atoms. The third kappa shape index (κ3) is 3.88. The number of nitrogens with two attached hydrogens (primary N) is 1. The van der Waals surface area contributed by atoms with Crippen LogP contribution in [0.1, 0.15) is 32.3 Å². The first-order valence-electron chi connectivity index (χ1n) is 7.58. The molecule has 0 atom stereocenters. The van der Waals surface area contributed by atoms with E-state index >= 15 is 0 Å². The summed E-state index contributed by atoms with van der Waals surface area (Å²) in [4.78, 5) is 14.1. The normalized spacial score (nSPS) is 13.9. The molecule has 1 amide bonds. The molecule has 2 N–H and O–H groups in total. The molecule has 1 aromatic rings. The van der Waals surface area contributed by atoms with Crippen LogP contribution in [0.25, 0.3) is 0 Å². The molecule has 5 nitrogen and oxygen atoms in total. The molecule has 1 aromatic carbocycles. The predicted octanol–water partition coefficient (Wildman–Crippen LogP) is 1.93. The van der Waals surface area contributed by atoms with Crippen LogP contribution < -0.4 is 15.2 Å². The first-order valence-corrected chi connectivity index (χ1v) is 7.58. The summed E-state index contributed by atoms with van der Waals surface area (Å²) in [5.74, 6) is 1.25. The second kappa shape index (κ2) is 7.31. The van der Waals surface area contributed by atoms with Crippen molar-refractivity contribution in [1.29, 1.82) is 0 Å². The number of hydrogen-bond acceptors (Lipinski definition) is 4. The van der Waals surface area contributed by atoms with E-state index in [0.29, 0.717) is 30.7 Å². The van der Waals surface area contributed by atoms with Gasteiger partial charge in [0.15, 0.2) is 18.1 Å². The monoisotopic (exact) mass is 292 g/mol. The van der Waals surface area contributed by atoms with Crippen LogP contribution >= 0.6 is 0 Å². The van der Waals surface area contributed by atoms with Gasteiger partial charge in [-0.2, -0.15) is 0 Å². The van der Waals surface area contributed by atoms with Gasteiger partial charge >= 0.3 is 0 Å². The fourth-order valence-corrected chi connectivity index (χ4v) is 2.40. The first kappa shape index (κ1) is 15.6. The lowest BCUT2D eigenvalue weighted by molar-refractivity contribution is -0.133. The molecule has 0 radical (unpaired) electrons. The maximum atomic E-state index is 12.2. The minimum Gasteiger partial charge on any atom is -0.490 e. The molecular weight excluding hydrogens is 268 g/mol. The Kier molecular flexibility index (Phi) is 5.44. The highest BCUT2D eigenvalue weighted by Crippen LogP contribution is 2.32. The molecule has 0 aliphatic heterocycles. The summed E-state index contributed by atoms with van der Waals surface area (Å²) >= 11 is 0. The van der Waals surface area contributed by atoms with Crippen LogP contribution in [0.5, 0.6) is 11.5 Å². The minimum absolute atomic E-state index is 0.0225. The number of carbonyl (C=O) groups excluding carboxylic acids is 1. The highest BCUT2D eigenvalue weighted by atomic mass is 16.5. The number of rotatable bonds is 8. The zero-order chi connectivity index (χ0) is 15.2. The van der Waals surface area contributed by atoms with Crippen LogP contribution in [-0.2, 0) is 11.3 Å². The van der Waals surface area contributed by atoms with Crippen molar-refractivity contribution in [3.63, 3.8) is 0 Å². The van der Waals surface area contributed by atoms with Gasteiger partial charge in [0.25, 0.3) is 5.91 Å². The zero-order valence-electron chi connectivity index (χ0n) is 12.8. The summed E-state index contributed by atoms with van der Waals surface area (Å²) in [5, 5.41) is 0. The number of ether oxygens (including phenoxy) is 2. The molecular formula is C16H24N2O3. The summed E-state index contributed by atoms with van der Waals surface area (Å²) < 4.78 is 11.3. The smallest absolute Gasteiger partial charge is 0.260 e. The molecule has 1 saturated carbocycles. The Morgan fingerprint density at radius 1 is 1.33 bits per heavy atom. The Hall–Kier alpha value is -1.75. The molecule has 0 heterocycles. The molecule has 116 valence electrons. The van der Waals surface area contributed by atoms with Gasteiger partial charge in [0.1, 0.15) is 0 Å². The third-order valence-corrected chi connectivity index (χ3v) is 3.57. The summed E-state index contributed by atoms with van der Waals surface area (Å²) in [7, 11) is 0. The summed E-state index contributed by atoms with van der Waals surface area (Å²) in [6, 6.07) is 6.01. The molecule has 0 saturated heterocycles. The van der Waals surface area contributed by atoms with Crippen LogP contribution in [0.15, 0.2) is 18.2 Å². The number of carbonyl (C=O) groups is 1. The van der Waals surface area contributed by atoms with E-state index in [-0.39, 0.29) is 12.5 Å². The Morgan fingerprint density at radius 3 is 2.67 bits per heavy atom. The van der Waals surface area contributed by atoms with Crippen molar-refractivity contribution in [3.8, 4) is 11.5 Å². The van der Waals surface area contributed by atoms with Crippen LogP contribution in [0.3, 0.4) is 0 Å². The first-order chi connectivity index (χ1) is 10.2. The minimum atomic E-state index is 0.0225. The zero-order valence-corrected chi connectivity index (χ0v) is 12.8. The van der Waals surface area contributed by atoms with E-state index in [1.807, 2.05) is 36.9 Å². The highest BCUT2D eigenvalue weighted by molar-refractivity contribution is 5.78. The number of nitrogens with zero attached hydrogens (tertiary/aromatic N) is 1. The largest absolute Gasteiger partial charge is 0.490 e. The third-order valence-electron chi connectivity index (χ3n) is 3.57. The highest BCUT2D eigenvalue weighted by Gasteiger charge is 2.31. The van der Waals surface area contributed by atoms with Gasteiger partial charge in [-0.15, -0.1) is 0 Å². The lowest BCUT2D eigenvalue weighted by Crippen LogP contribution is -2.36. The van der Waals surface area contributed by atoms with Gasteiger partial charge in [0, 0.05) is 24.7 Å². The molecule has 2 rings (SSSR count). The SMILES string of the molecule is CCOc1cccc(CN)c1OCC(=O)N(CC)C1CC1. The fraction of sp³-hybridized carbons (Fsp3) is 0.562. The molecule has 5 heteroatoms. The van der Waals surface area contributed by atoms with E-state index in [4.69, 9.17) is 15.2 Å². The Morgan fingerprint density at radius 2 is 2.10 bits per heavy atom. The number of likely N-dealkylation sites (N-methyl/N-ethyl adjacent to an activating group) is 1. The molecule has 0 unspecified atom stereocenters. The van der Waals surface area contributed by atoms with E-state index in [2.05, 4.69) is 0 Å². The van der Waals surface area contributed by atoms with Crippen molar-refractivity contribution >= 4 is 5.91 Å². The average molecular weight is 292 g/mol. The van der Waals surface area contributed by atoms with E-state index < -0.39 is 0 Å². The van der Waals surface area contributed by atoms with E-state index in [1.165, 1.54) is 0 Å². The topological polar surface area (TPSA) is 64.8 Å².